The van der Waals surface area contributed by atoms with Gasteiger partial charge in [0.2, 0.25) is 0 Å². The summed E-state index contributed by atoms with van der Waals surface area (Å²) in [4.78, 5) is 14.2. The number of ether oxygens (including phenoxy) is 1. The molecule has 0 spiro atoms. The molecule has 0 saturated carbocycles. The van der Waals surface area contributed by atoms with Crippen LogP contribution in [0.3, 0.4) is 0 Å². The van der Waals surface area contributed by atoms with Crippen molar-refractivity contribution in [2.45, 2.75) is 64.2 Å². The van der Waals surface area contributed by atoms with E-state index >= 15 is 0 Å². The molecule has 1 amide bonds. The van der Waals surface area contributed by atoms with Crippen molar-refractivity contribution < 1.29 is 14.6 Å². The minimum absolute atomic E-state index is 0.0406. The molecule has 0 bridgehead atoms. The lowest BCUT2D eigenvalue weighted by atomic mass is 9.94. The Morgan fingerprint density at radius 3 is 2.64 bits per heavy atom. The highest BCUT2D eigenvalue weighted by Gasteiger charge is 2.31. The molecule has 1 N–H and O–H groups in total. The number of aliphatic hydroxyl groups is 1. The monoisotopic (exact) mass is 305 g/mol. The molecule has 1 aromatic rings. The van der Waals surface area contributed by atoms with E-state index in [9.17, 15) is 9.90 Å². The molecule has 0 aliphatic carbocycles. The molecule has 0 unspecified atom stereocenters. The van der Waals surface area contributed by atoms with E-state index in [1.54, 1.807) is 4.90 Å². The van der Waals surface area contributed by atoms with Gasteiger partial charge < -0.3 is 14.7 Å². The lowest BCUT2D eigenvalue weighted by Gasteiger charge is -2.37. The Bertz CT molecular complexity index is 481. The normalized spacial score (nSPS) is 20.5. The van der Waals surface area contributed by atoms with Crippen LogP contribution in [-0.4, -0.2) is 34.3 Å². The highest BCUT2D eigenvalue weighted by Crippen LogP contribution is 2.28. The summed E-state index contributed by atoms with van der Waals surface area (Å²) in [5.41, 5.74) is 0.411. The van der Waals surface area contributed by atoms with Crippen LogP contribution >= 0.6 is 0 Å². The van der Waals surface area contributed by atoms with Crippen molar-refractivity contribution >= 4 is 6.09 Å². The van der Waals surface area contributed by atoms with Gasteiger partial charge in [0.05, 0.1) is 6.10 Å². The fourth-order valence-corrected chi connectivity index (χ4v) is 2.88. The van der Waals surface area contributed by atoms with Gasteiger partial charge in [-0.05, 0) is 52.0 Å². The van der Waals surface area contributed by atoms with Crippen LogP contribution in [0.4, 0.5) is 4.79 Å². The molecule has 4 heteroatoms. The first-order valence-electron chi connectivity index (χ1n) is 8.09. The topological polar surface area (TPSA) is 49.8 Å². The van der Waals surface area contributed by atoms with Gasteiger partial charge in [0.15, 0.2) is 0 Å². The lowest BCUT2D eigenvalue weighted by Crippen LogP contribution is -2.46. The van der Waals surface area contributed by atoms with E-state index in [4.69, 9.17) is 4.74 Å². The summed E-state index contributed by atoms with van der Waals surface area (Å²) in [6, 6.07) is 9.66. The minimum atomic E-state index is -0.547. The zero-order chi connectivity index (χ0) is 16.2. The number of nitrogens with zero attached hydrogens (tertiary/aromatic N) is 1. The van der Waals surface area contributed by atoms with Crippen LogP contribution in [0.1, 0.15) is 58.1 Å². The number of likely N-dealkylation sites (tertiary alicyclic amines) is 1. The number of hydrogen-bond donors (Lipinski definition) is 1. The van der Waals surface area contributed by atoms with Gasteiger partial charge in [0.1, 0.15) is 5.60 Å². The van der Waals surface area contributed by atoms with Crippen LogP contribution in [0.25, 0.3) is 0 Å². The van der Waals surface area contributed by atoms with Crippen molar-refractivity contribution in [3.63, 3.8) is 0 Å². The van der Waals surface area contributed by atoms with E-state index in [-0.39, 0.29) is 12.1 Å². The number of benzene rings is 1. The van der Waals surface area contributed by atoms with Crippen molar-refractivity contribution in [3.8, 4) is 0 Å². The van der Waals surface area contributed by atoms with Gasteiger partial charge in [0, 0.05) is 12.6 Å². The van der Waals surface area contributed by atoms with Crippen molar-refractivity contribution in [1.29, 1.82) is 0 Å². The maximum atomic E-state index is 12.4. The average Bonchev–Trinajstić information content (AvgIpc) is 2.47. The number of hydrogen-bond acceptors (Lipinski definition) is 3. The minimum Gasteiger partial charge on any atom is -0.444 e. The summed E-state index contributed by atoms with van der Waals surface area (Å²) in [5, 5.41) is 10.4. The molecule has 0 radical (unpaired) electrons. The Kier molecular flexibility index (Phi) is 5.46. The van der Waals surface area contributed by atoms with Crippen LogP contribution in [0.5, 0.6) is 0 Å². The molecular formula is C18H27NO3. The fourth-order valence-electron chi connectivity index (χ4n) is 2.88. The summed E-state index contributed by atoms with van der Waals surface area (Å²) >= 11 is 0. The second-order valence-electron chi connectivity index (χ2n) is 6.99. The summed E-state index contributed by atoms with van der Waals surface area (Å²) in [6.45, 7) is 6.34. The quantitative estimate of drug-likeness (QED) is 0.921. The molecule has 1 heterocycles. The van der Waals surface area contributed by atoms with Crippen molar-refractivity contribution in [3.05, 3.63) is 35.9 Å². The predicted molar refractivity (Wildman–Crippen MR) is 86.6 cm³/mol. The highest BCUT2D eigenvalue weighted by atomic mass is 16.6. The third-order valence-corrected chi connectivity index (χ3v) is 3.93. The largest absolute Gasteiger partial charge is 0.444 e. The summed E-state index contributed by atoms with van der Waals surface area (Å²) in [6.07, 6.45) is 2.75. The Balaban J connectivity index is 2.02. The van der Waals surface area contributed by atoms with Crippen LogP contribution in [-0.2, 0) is 4.74 Å². The van der Waals surface area contributed by atoms with Crippen LogP contribution < -0.4 is 0 Å². The number of carbonyl (C=O) groups excluding carboxylic acids is 1. The molecule has 1 aliphatic rings. The first-order valence-corrected chi connectivity index (χ1v) is 8.09. The van der Waals surface area contributed by atoms with E-state index in [0.717, 1.165) is 24.8 Å². The molecule has 22 heavy (non-hydrogen) atoms. The van der Waals surface area contributed by atoms with Crippen molar-refractivity contribution in [2.75, 3.05) is 6.54 Å². The molecule has 1 fully saturated rings. The van der Waals surface area contributed by atoms with E-state index in [0.29, 0.717) is 13.0 Å². The number of piperidine rings is 1. The van der Waals surface area contributed by atoms with Crippen LogP contribution in [0, 0.1) is 0 Å². The Hall–Kier alpha value is -1.55. The SMILES string of the molecule is CC(C)(C)OC(=O)N1CCCC[C@H]1C[C@@H](O)c1ccccc1. The zero-order valence-electron chi connectivity index (χ0n) is 13.8. The number of carbonyl (C=O) groups is 1. The number of amides is 1. The Labute approximate surface area is 133 Å². The van der Waals surface area contributed by atoms with Gasteiger partial charge >= 0.3 is 6.09 Å². The number of aliphatic hydroxyl groups excluding tert-OH is 1. The summed E-state index contributed by atoms with van der Waals surface area (Å²) in [5.74, 6) is 0. The third kappa shape index (κ3) is 4.73. The van der Waals surface area contributed by atoms with Gasteiger partial charge in [-0.2, -0.15) is 0 Å². The second-order valence-corrected chi connectivity index (χ2v) is 6.99. The zero-order valence-corrected chi connectivity index (χ0v) is 13.8. The summed E-state index contributed by atoms with van der Waals surface area (Å²) < 4.78 is 5.50. The van der Waals surface area contributed by atoms with E-state index in [1.165, 1.54) is 0 Å². The summed E-state index contributed by atoms with van der Waals surface area (Å²) in [7, 11) is 0. The lowest BCUT2D eigenvalue weighted by molar-refractivity contribution is 0.00237. The van der Waals surface area contributed by atoms with Gasteiger partial charge in [-0.15, -0.1) is 0 Å². The maximum Gasteiger partial charge on any atom is 0.410 e. The molecule has 122 valence electrons. The van der Waals surface area contributed by atoms with Gasteiger partial charge in [-0.1, -0.05) is 30.3 Å². The maximum absolute atomic E-state index is 12.4. The van der Waals surface area contributed by atoms with Gasteiger partial charge in [0.25, 0.3) is 0 Å². The van der Waals surface area contributed by atoms with Crippen LogP contribution in [0.15, 0.2) is 30.3 Å². The van der Waals surface area contributed by atoms with E-state index < -0.39 is 11.7 Å². The Morgan fingerprint density at radius 1 is 1.32 bits per heavy atom. The smallest absolute Gasteiger partial charge is 0.410 e. The molecule has 2 rings (SSSR count). The van der Waals surface area contributed by atoms with E-state index in [2.05, 4.69) is 0 Å². The molecule has 1 saturated heterocycles. The third-order valence-electron chi connectivity index (χ3n) is 3.93. The van der Waals surface area contributed by atoms with Crippen molar-refractivity contribution in [1.82, 2.24) is 4.90 Å². The van der Waals surface area contributed by atoms with E-state index in [1.807, 2.05) is 51.1 Å². The average molecular weight is 305 g/mol. The van der Waals surface area contributed by atoms with Gasteiger partial charge in [-0.3, -0.25) is 0 Å². The standard InChI is InChI=1S/C18H27NO3/c1-18(2,3)22-17(21)19-12-8-7-11-15(19)13-16(20)14-9-5-4-6-10-14/h4-6,9-10,15-16,20H,7-8,11-13H2,1-3H3/t15-,16+/m0/s1. The van der Waals surface area contributed by atoms with Crippen LogP contribution in [0.2, 0.25) is 0 Å². The molecular weight excluding hydrogens is 278 g/mol. The molecule has 2 atom stereocenters. The Morgan fingerprint density at radius 2 is 2.00 bits per heavy atom. The number of rotatable bonds is 3. The molecule has 0 aromatic heterocycles. The predicted octanol–water partition coefficient (Wildman–Crippen LogP) is 3.90. The first-order chi connectivity index (χ1) is 10.4. The second kappa shape index (κ2) is 7.14. The molecule has 1 aromatic carbocycles. The molecule has 1 aliphatic heterocycles. The molecule has 4 nitrogen and oxygen atoms in total. The highest BCUT2D eigenvalue weighted by molar-refractivity contribution is 5.68. The first kappa shape index (κ1) is 16.8. The van der Waals surface area contributed by atoms with Crippen molar-refractivity contribution in [2.24, 2.45) is 0 Å². The fraction of sp³-hybridized carbons (Fsp3) is 0.611. The van der Waals surface area contributed by atoms with Gasteiger partial charge in [-0.25, -0.2) is 4.79 Å².